The highest BCUT2D eigenvalue weighted by atomic mass is 16.2. The monoisotopic (exact) mass is 399 g/mol. The Balaban J connectivity index is 1.32. The number of nitrogens with zero attached hydrogens (tertiary/aromatic N) is 3. The van der Waals surface area contributed by atoms with Gasteiger partial charge in [0.2, 0.25) is 0 Å². The molecule has 0 spiro atoms. The summed E-state index contributed by atoms with van der Waals surface area (Å²) in [5, 5.41) is 5.89. The van der Waals surface area contributed by atoms with Crippen molar-refractivity contribution in [1.82, 2.24) is 9.97 Å². The van der Waals surface area contributed by atoms with Crippen LogP contribution in [0.2, 0.25) is 0 Å². The molecule has 1 saturated heterocycles. The minimum atomic E-state index is -0.246. The van der Waals surface area contributed by atoms with Crippen LogP contribution in [0.4, 0.5) is 22.0 Å². The van der Waals surface area contributed by atoms with Crippen LogP contribution >= 0.6 is 0 Å². The van der Waals surface area contributed by atoms with Crippen molar-refractivity contribution < 1.29 is 4.79 Å². The first-order valence-corrected chi connectivity index (χ1v) is 10.6. The third-order valence-electron chi connectivity index (χ3n) is 5.83. The molecule has 2 aliphatic rings. The SMILES string of the molecule is O=C(Nc1cccc(-c2nccnc2N2CCCC2)c1)Nc1ccc2c(c1)CCC2. The van der Waals surface area contributed by atoms with Crippen LogP contribution in [0, 0.1) is 0 Å². The summed E-state index contributed by atoms with van der Waals surface area (Å²) in [5.74, 6) is 0.912. The summed E-state index contributed by atoms with van der Waals surface area (Å²) < 4.78 is 0. The third kappa shape index (κ3) is 3.85. The molecule has 3 aromatic rings. The van der Waals surface area contributed by atoms with Gasteiger partial charge in [0, 0.05) is 42.4 Å². The molecule has 6 heteroatoms. The molecule has 2 amide bonds. The molecule has 0 bridgehead atoms. The standard InChI is InChI=1S/C24H25N5O/c30-24(28-21-10-9-17-5-3-6-18(17)15-21)27-20-8-4-7-19(16-20)22-23(26-12-11-25-22)29-13-1-2-14-29/h4,7-12,15-16H,1-3,5-6,13-14H2,(H2,27,28,30). The molecule has 0 unspecified atom stereocenters. The fraction of sp³-hybridized carbons (Fsp3) is 0.292. The zero-order valence-corrected chi connectivity index (χ0v) is 16.9. The average molecular weight is 399 g/mol. The maximum atomic E-state index is 12.5. The van der Waals surface area contributed by atoms with E-state index in [2.05, 4.69) is 37.6 Å². The summed E-state index contributed by atoms with van der Waals surface area (Å²) in [4.78, 5) is 24.0. The quantitative estimate of drug-likeness (QED) is 0.656. The third-order valence-corrected chi connectivity index (χ3v) is 5.83. The highest BCUT2D eigenvalue weighted by Crippen LogP contribution is 2.30. The molecule has 0 saturated carbocycles. The van der Waals surface area contributed by atoms with Gasteiger partial charge in [-0.25, -0.2) is 9.78 Å². The number of nitrogens with one attached hydrogen (secondary N) is 2. The van der Waals surface area contributed by atoms with Gasteiger partial charge in [-0.3, -0.25) is 4.98 Å². The van der Waals surface area contributed by atoms with Crippen LogP contribution < -0.4 is 15.5 Å². The lowest BCUT2D eigenvalue weighted by Gasteiger charge is -2.19. The normalized spacial score (nSPS) is 15.1. The lowest BCUT2D eigenvalue weighted by atomic mass is 10.1. The van der Waals surface area contributed by atoms with Gasteiger partial charge in [0.05, 0.1) is 0 Å². The van der Waals surface area contributed by atoms with Gasteiger partial charge in [-0.1, -0.05) is 18.2 Å². The Hall–Kier alpha value is -3.41. The van der Waals surface area contributed by atoms with Crippen LogP contribution in [0.3, 0.4) is 0 Å². The lowest BCUT2D eigenvalue weighted by Crippen LogP contribution is -2.20. The molecule has 152 valence electrons. The van der Waals surface area contributed by atoms with E-state index in [-0.39, 0.29) is 6.03 Å². The van der Waals surface area contributed by atoms with Gasteiger partial charge in [0.1, 0.15) is 5.69 Å². The van der Waals surface area contributed by atoms with Crippen molar-refractivity contribution in [2.75, 3.05) is 28.6 Å². The predicted octanol–water partition coefficient (Wildman–Crippen LogP) is 4.88. The Labute approximate surface area is 176 Å². The zero-order valence-electron chi connectivity index (χ0n) is 16.9. The van der Waals surface area contributed by atoms with Crippen LogP contribution in [0.25, 0.3) is 11.3 Å². The molecular weight excluding hydrogens is 374 g/mol. The van der Waals surface area contributed by atoms with Crippen LogP contribution in [0.5, 0.6) is 0 Å². The van der Waals surface area contributed by atoms with Crippen molar-refractivity contribution in [3.05, 3.63) is 66.0 Å². The van der Waals surface area contributed by atoms with Crippen LogP contribution in [0.15, 0.2) is 54.9 Å². The number of urea groups is 1. The van der Waals surface area contributed by atoms with Crippen molar-refractivity contribution in [2.24, 2.45) is 0 Å². The Morgan fingerprint density at radius 1 is 0.833 bits per heavy atom. The number of aromatic nitrogens is 2. The minimum absolute atomic E-state index is 0.246. The number of anilines is 3. The summed E-state index contributed by atoms with van der Waals surface area (Å²) in [6, 6.07) is 13.7. The fourth-order valence-electron chi connectivity index (χ4n) is 4.38. The van der Waals surface area contributed by atoms with E-state index >= 15 is 0 Å². The second-order valence-corrected chi connectivity index (χ2v) is 7.92. The number of hydrogen-bond donors (Lipinski definition) is 2. The van der Waals surface area contributed by atoms with E-state index in [0.717, 1.165) is 54.4 Å². The first-order valence-electron chi connectivity index (χ1n) is 10.6. The van der Waals surface area contributed by atoms with E-state index in [4.69, 9.17) is 0 Å². The van der Waals surface area contributed by atoms with Crippen molar-refractivity contribution in [2.45, 2.75) is 32.1 Å². The highest BCUT2D eigenvalue weighted by Gasteiger charge is 2.19. The van der Waals surface area contributed by atoms with Gasteiger partial charge >= 0.3 is 6.03 Å². The molecule has 2 N–H and O–H groups in total. The second-order valence-electron chi connectivity index (χ2n) is 7.92. The van der Waals surface area contributed by atoms with E-state index in [9.17, 15) is 4.79 Å². The van der Waals surface area contributed by atoms with Crippen LogP contribution in [-0.2, 0) is 12.8 Å². The smallest absolute Gasteiger partial charge is 0.323 e. The fourth-order valence-corrected chi connectivity index (χ4v) is 4.38. The van der Waals surface area contributed by atoms with E-state index in [0.29, 0.717) is 0 Å². The Bertz CT molecular complexity index is 1070. The number of rotatable bonds is 4. The molecule has 1 aromatic heterocycles. The first kappa shape index (κ1) is 18.6. The Kier molecular flexibility index (Phi) is 5.05. The molecule has 30 heavy (non-hydrogen) atoms. The van der Waals surface area contributed by atoms with Crippen molar-refractivity contribution >= 4 is 23.2 Å². The maximum Gasteiger partial charge on any atom is 0.323 e. The van der Waals surface area contributed by atoms with Crippen LogP contribution in [-0.4, -0.2) is 29.1 Å². The largest absolute Gasteiger partial charge is 0.355 e. The van der Waals surface area contributed by atoms with E-state index in [1.54, 1.807) is 12.4 Å². The molecule has 2 heterocycles. The van der Waals surface area contributed by atoms with E-state index in [1.165, 1.54) is 30.4 Å². The van der Waals surface area contributed by atoms with Gasteiger partial charge in [-0.2, -0.15) is 0 Å². The molecule has 2 aromatic carbocycles. The number of carbonyl (C=O) groups excluding carboxylic acids is 1. The molecule has 1 aliphatic carbocycles. The van der Waals surface area contributed by atoms with Gasteiger partial charge in [-0.15, -0.1) is 0 Å². The van der Waals surface area contributed by atoms with Crippen molar-refractivity contribution in [3.63, 3.8) is 0 Å². The van der Waals surface area contributed by atoms with Crippen molar-refractivity contribution in [1.29, 1.82) is 0 Å². The second kappa shape index (κ2) is 8.14. The number of benzene rings is 2. The van der Waals surface area contributed by atoms with E-state index in [1.807, 2.05) is 30.3 Å². The number of hydrogen-bond acceptors (Lipinski definition) is 4. The molecule has 6 nitrogen and oxygen atoms in total. The summed E-state index contributed by atoms with van der Waals surface area (Å²) in [5.41, 5.74) is 6.08. The summed E-state index contributed by atoms with van der Waals surface area (Å²) >= 11 is 0. The van der Waals surface area contributed by atoms with Crippen LogP contribution in [0.1, 0.15) is 30.4 Å². The topological polar surface area (TPSA) is 70.2 Å². The molecule has 0 radical (unpaired) electrons. The lowest BCUT2D eigenvalue weighted by molar-refractivity contribution is 0.262. The van der Waals surface area contributed by atoms with Gasteiger partial charge in [0.25, 0.3) is 0 Å². The molecule has 1 aliphatic heterocycles. The predicted molar refractivity (Wildman–Crippen MR) is 120 cm³/mol. The zero-order chi connectivity index (χ0) is 20.3. The summed E-state index contributed by atoms with van der Waals surface area (Å²) in [6.07, 6.45) is 9.24. The Morgan fingerprint density at radius 3 is 2.47 bits per heavy atom. The summed E-state index contributed by atoms with van der Waals surface area (Å²) in [6.45, 7) is 2.01. The number of aryl methyl sites for hydroxylation is 2. The van der Waals surface area contributed by atoms with Crippen molar-refractivity contribution in [3.8, 4) is 11.3 Å². The highest BCUT2D eigenvalue weighted by molar-refractivity contribution is 6.00. The van der Waals surface area contributed by atoms with Gasteiger partial charge < -0.3 is 15.5 Å². The molecular formula is C24H25N5O. The summed E-state index contributed by atoms with van der Waals surface area (Å²) in [7, 11) is 0. The van der Waals surface area contributed by atoms with Gasteiger partial charge in [-0.05, 0) is 67.5 Å². The average Bonchev–Trinajstić information content (AvgIpc) is 3.46. The maximum absolute atomic E-state index is 12.5. The molecule has 0 atom stereocenters. The minimum Gasteiger partial charge on any atom is -0.355 e. The number of carbonyl (C=O) groups is 1. The first-order chi connectivity index (χ1) is 14.8. The Morgan fingerprint density at radius 2 is 1.60 bits per heavy atom. The van der Waals surface area contributed by atoms with E-state index < -0.39 is 0 Å². The number of fused-ring (bicyclic) bond motifs is 1. The molecule has 5 rings (SSSR count). The molecule has 1 fully saturated rings. The number of amides is 2. The van der Waals surface area contributed by atoms with Gasteiger partial charge in [0.15, 0.2) is 5.82 Å².